The third-order valence-corrected chi connectivity index (χ3v) is 6.22. The van der Waals surface area contributed by atoms with E-state index in [4.69, 9.17) is 46.4 Å². The maximum Gasteiger partial charge on any atom is 0.141 e. The number of aromatic hydroxyl groups is 2. The van der Waals surface area contributed by atoms with Crippen molar-refractivity contribution >= 4 is 70.2 Å². The van der Waals surface area contributed by atoms with Gasteiger partial charge in [0.1, 0.15) is 22.9 Å². The Hall–Kier alpha value is -3.02. The van der Waals surface area contributed by atoms with E-state index in [1.165, 1.54) is 0 Å². The van der Waals surface area contributed by atoms with E-state index in [0.717, 1.165) is 11.1 Å². The number of phenolic OH excluding ortho intramolecular Hbond substituents is 2. The molecule has 0 unspecified atom stereocenters. The van der Waals surface area contributed by atoms with Gasteiger partial charge in [0, 0.05) is 33.6 Å². The molecule has 0 saturated carbocycles. The Morgan fingerprint density at radius 2 is 1.00 bits per heavy atom. The highest BCUT2D eigenvalue weighted by Crippen LogP contribution is 2.32. The summed E-state index contributed by atoms with van der Waals surface area (Å²) in [6.45, 7) is 0. The molecule has 8 heteroatoms. The summed E-state index contributed by atoms with van der Waals surface area (Å²) < 4.78 is 0. The van der Waals surface area contributed by atoms with Crippen molar-refractivity contribution in [1.29, 1.82) is 0 Å². The maximum absolute atomic E-state index is 10.3. The van der Waals surface area contributed by atoms with E-state index in [9.17, 15) is 10.2 Å². The molecule has 0 amide bonds. The molecule has 4 aromatic rings. The largest absolute Gasteiger partial charge is 0.506 e. The number of rotatable bonds is 6. The molecule has 0 heterocycles. The van der Waals surface area contributed by atoms with Crippen molar-refractivity contribution in [3.05, 3.63) is 115 Å². The van der Waals surface area contributed by atoms with Crippen LogP contribution in [0.2, 0.25) is 20.1 Å². The molecule has 0 atom stereocenters. The second kappa shape index (κ2) is 11.1. The molecule has 0 aliphatic carbocycles. The minimum absolute atomic E-state index is 0.0472. The first kappa shape index (κ1) is 25.1. The first-order valence-corrected chi connectivity index (χ1v) is 11.9. The molecule has 4 rings (SSSR count). The van der Waals surface area contributed by atoms with E-state index in [2.05, 4.69) is 9.98 Å². The summed E-state index contributed by atoms with van der Waals surface area (Å²) in [7, 11) is 0. The molecule has 0 bridgehead atoms. The highest BCUT2D eigenvalue weighted by atomic mass is 35.5. The van der Waals surface area contributed by atoms with Crippen LogP contribution in [0, 0.1) is 0 Å². The molecule has 0 saturated heterocycles. The third-order valence-electron chi connectivity index (χ3n) is 5.10. The Morgan fingerprint density at radius 3 is 1.40 bits per heavy atom. The van der Waals surface area contributed by atoms with Gasteiger partial charge in [-0.3, -0.25) is 9.98 Å². The highest BCUT2D eigenvalue weighted by molar-refractivity contribution is 6.36. The number of benzene rings is 4. The highest BCUT2D eigenvalue weighted by Gasteiger charge is 2.07. The summed E-state index contributed by atoms with van der Waals surface area (Å²) in [4.78, 5) is 8.78. The van der Waals surface area contributed by atoms with E-state index in [0.29, 0.717) is 49.0 Å². The summed E-state index contributed by atoms with van der Waals surface area (Å²) in [6.07, 6.45) is 3.69. The van der Waals surface area contributed by atoms with E-state index in [-0.39, 0.29) is 11.5 Å². The summed E-state index contributed by atoms with van der Waals surface area (Å²) in [6, 6.07) is 20.6. The summed E-state index contributed by atoms with van der Waals surface area (Å²) in [5.41, 5.74) is 4.01. The van der Waals surface area contributed by atoms with Crippen LogP contribution in [0.5, 0.6) is 11.5 Å². The fourth-order valence-electron chi connectivity index (χ4n) is 3.29. The first-order valence-electron chi connectivity index (χ1n) is 10.4. The first-order chi connectivity index (χ1) is 16.8. The van der Waals surface area contributed by atoms with Gasteiger partial charge in [-0.05, 0) is 66.1 Å². The van der Waals surface area contributed by atoms with Gasteiger partial charge in [0.05, 0.1) is 10.0 Å². The van der Waals surface area contributed by atoms with E-state index < -0.39 is 0 Å². The number of hydrogen-bond donors (Lipinski definition) is 2. The van der Waals surface area contributed by atoms with Gasteiger partial charge in [-0.2, -0.15) is 0 Å². The fraction of sp³-hybridized carbons (Fsp3) is 0.0370. The minimum Gasteiger partial charge on any atom is -0.506 e. The van der Waals surface area contributed by atoms with Crippen LogP contribution in [-0.4, -0.2) is 22.6 Å². The van der Waals surface area contributed by atoms with Crippen molar-refractivity contribution in [1.82, 2.24) is 0 Å². The van der Waals surface area contributed by atoms with E-state index >= 15 is 0 Å². The predicted molar refractivity (Wildman–Crippen MR) is 146 cm³/mol. The lowest BCUT2D eigenvalue weighted by molar-refractivity contribution is 0.476. The van der Waals surface area contributed by atoms with Crippen LogP contribution in [0.25, 0.3) is 0 Å². The summed E-state index contributed by atoms with van der Waals surface area (Å²) in [5, 5.41) is 22.5. The molecule has 0 radical (unpaired) electrons. The predicted octanol–water partition coefficient (Wildman–Crippen LogP) is 8.80. The average molecular weight is 544 g/mol. The minimum atomic E-state index is 0.0472. The zero-order valence-electron chi connectivity index (χ0n) is 18.1. The van der Waals surface area contributed by atoms with Gasteiger partial charge in [-0.1, -0.05) is 70.7 Å². The Kier molecular flexibility index (Phi) is 7.99. The van der Waals surface area contributed by atoms with Gasteiger partial charge in [0.25, 0.3) is 0 Å². The molecule has 176 valence electrons. The van der Waals surface area contributed by atoms with Gasteiger partial charge in [-0.25, -0.2) is 0 Å². The average Bonchev–Trinajstić information content (AvgIpc) is 2.81. The SMILES string of the molecule is Oc1ccc(Cc2ccc(O)c(N=Cc3ccc(Cl)cc3Cl)c2)cc1N=Cc1ccc(Cl)cc1Cl. The molecule has 4 nitrogen and oxygen atoms in total. The molecule has 35 heavy (non-hydrogen) atoms. The molecule has 0 aromatic heterocycles. The lowest BCUT2D eigenvalue weighted by Crippen LogP contribution is -1.89. The number of aliphatic imine (C=N–C) groups is 2. The van der Waals surface area contributed by atoms with Crippen LogP contribution in [0.3, 0.4) is 0 Å². The summed E-state index contributed by atoms with van der Waals surface area (Å²) in [5.74, 6) is 0.0943. The molecule has 4 aromatic carbocycles. The lowest BCUT2D eigenvalue weighted by Gasteiger charge is -2.07. The molecular formula is C27H18Cl4N2O2. The molecule has 0 fully saturated rings. The van der Waals surface area contributed by atoms with Crippen LogP contribution in [0.4, 0.5) is 11.4 Å². The van der Waals surface area contributed by atoms with Crippen molar-refractivity contribution < 1.29 is 10.2 Å². The number of hydrogen-bond acceptors (Lipinski definition) is 4. The molecule has 0 aliphatic heterocycles. The Bertz CT molecular complexity index is 1340. The topological polar surface area (TPSA) is 65.2 Å². The van der Waals surface area contributed by atoms with Gasteiger partial charge < -0.3 is 10.2 Å². The van der Waals surface area contributed by atoms with Crippen molar-refractivity contribution in [2.75, 3.05) is 0 Å². The zero-order valence-corrected chi connectivity index (χ0v) is 21.1. The van der Waals surface area contributed by atoms with Gasteiger partial charge in [-0.15, -0.1) is 0 Å². The van der Waals surface area contributed by atoms with Crippen LogP contribution in [-0.2, 0) is 6.42 Å². The van der Waals surface area contributed by atoms with Crippen molar-refractivity contribution in [2.24, 2.45) is 9.98 Å². The Morgan fingerprint density at radius 1 is 0.571 bits per heavy atom. The fourth-order valence-corrected chi connectivity index (χ4v) is 4.21. The van der Waals surface area contributed by atoms with Crippen LogP contribution >= 0.6 is 46.4 Å². The van der Waals surface area contributed by atoms with Gasteiger partial charge in [0.2, 0.25) is 0 Å². The van der Waals surface area contributed by atoms with Crippen molar-refractivity contribution in [3.8, 4) is 11.5 Å². The smallest absolute Gasteiger partial charge is 0.141 e. The molecule has 2 N–H and O–H groups in total. The zero-order chi connectivity index (χ0) is 24.9. The van der Waals surface area contributed by atoms with Crippen LogP contribution in [0.1, 0.15) is 22.3 Å². The third kappa shape index (κ3) is 6.56. The summed E-state index contributed by atoms with van der Waals surface area (Å²) >= 11 is 24.3. The van der Waals surface area contributed by atoms with Crippen molar-refractivity contribution in [3.63, 3.8) is 0 Å². The number of halogens is 4. The molecular weight excluding hydrogens is 526 g/mol. The quantitative estimate of drug-likeness (QED) is 0.238. The number of phenols is 2. The van der Waals surface area contributed by atoms with E-state index in [1.54, 1.807) is 73.1 Å². The Balaban J connectivity index is 1.55. The van der Waals surface area contributed by atoms with Gasteiger partial charge in [0.15, 0.2) is 0 Å². The van der Waals surface area contributed by atoms with E-state index in [1.807, 2.05) is 12.1 Å². The second-order valence-corrected chi connectivity index (χ2v) is 9.36. The molecule has 0 aliphatic rings. The maximum atomic E-state index is 10.3. The molecule has 0 spiro atoms. The van der Waals surface area contributed by atoms with Crippen molar-refractivity contribution in [2.45, 2.75) is 6.42 Å². The second-order valence-electron chi connectivity index (χ2n) is 7.67. The standard InChI is InChI=1S/C27H18Cl4N2O2/c28-20-5-3-18(22(30)12-20)14-32-24-10-16(1-7-26(24)34)9-17-2-8-27(35)25(11-17)33-15-19-4-6-21(29)13-23(19)31/h1-8,10-15,34-35H,9H2. The van der Waals surface area contributed by atoms with Gasteiger partial charge >= 0.3 is 0 Å². The Labute approximate surface area is 222 Å². The normalized spacial score (nSPS) is 11.5. The monoisotopic (exact) mass is 542 g/mol. The van der Waals surface area contributed by atoms with Crippen LogP contribution < -0.4 is 0 Å². The lowest BCUT2D eigenvalue weighted by atomic mass is 10.0. The van der Waals surface area contributed by atoms with Crippen LogP contribution in [0.15, 0.2) is 82.8 Å². The number of nitrogens with zero attached hydrogens (tertiary/aromatic N) is 2.